The van der Waals surface area contributed by atoms with Crippen molar-refractivity contribution in [3.8, 4) is 11.8 Å². The summed E-state index contributed by atoms with van der Waals surface area (Å²) >= 11 is 5.36. The van der Waals surface area contributed by atoms with E-state index in [1.807, 2.05) is 11.0 Å². The molecule has 1 aliphatic rings. The molecule has 4 rings (SSSR count). The van der Waals surface area contributed by atoms with Crippen molar-refractivity contribution in [3.63, 3.8) is 0 Å². The Morgan fingerprint density at radius 3 is 2.55 bits per heavy atom. The molecule has 3 heterocycles. The highest BCUT2D eigenvalue weighted by molar-refractivity contribution is 7.71. The quantitative estimate of drug-likeness (QED) is 0.606. The average molecular weight is 437 g/mol. The third kappa shape index (κ3) is 3.84. The van der Waals surface area contributed by atoms with Crippen molar-refractivity contribution in [2.45, 2.75) is 38.6 Å². The van der Waals surface area contributed by atoms with Crippen LogP contribution in [-0.2, 0) is 0 Å². The van der Waals surface area contributed by atoms with E-state index in [0.29, 0.717) is 34.7 Å². The van der Waals surface area contributed by atoms with Gasteiger partial charge in [-0.3, -0.25) is 9.89 Å². The van der Waals surface area contributed by atoms with Crippen molar-refractivity contribution in [1.82, 2.24) is 29.4 Å². The maximum atomic E-state index is 13.0. The molecule has 10 heteroatoms. The SMILES string of the molecule is CC(C)n1c(C2CCN(C(=O)c3ccc(-n4ncc(C#N)c4N)cc3)CC2)n[nH]c1=S. The highest BCUT2D eigenvalue weighted by atomic mass is 32.1. The van der Waals surface area contributed by atoms with E-state index in [1.54, 1.807) is 24.3 Å². The Balaban J connectivity index is 1.44. The molecule has 1 aromatic carbocycles. The van der Waals surface area contributed by atoms with Gasteiger partial charge in [0, 0.05) is 30.6 Å². The number of anilines is 1. The maximum Gasteiger partial charge on any atom is 0.253 e. The number of hydrogen-bond donors (Lipinski definition) is 2. The van der Waals surface area contributed by atoms with Crippen LogP contribution in [0, 0.1) is 16.1 Å². The lowest BCUT2D eigenvalue weighted by Crippen LogP contribution is -2.38. The van der Waals surface area contributed by atoms with Crippen molar-refractivity contribution < 1.29 is 4.79 Å². The third-order valence-electron chi connectivity index (χ3n) is 5.68. The summed E-state index contributed by atoms with van der Waals surface area (Å²) in [5, 5.41) is 20.5. The topological polar surface area (TPSA) is 122 Å². The minimum atomic E-state index is -0.00104. The van der Waals surface area contributed by atoms with Crippen LogP contribution < -0.4 is 5.73 Å². The smallest absolute Gasteiger partial charge is 0.253 e. The lowest BCUT2D eigenvalue weighted by Gasteiger charge is -2.32. The highest BCUT2D eigenvalue weighted by Crippen LogP contribution is 2.29. The van der Waals surface area contributed by atoms with Gasteiger partial charge in [0.05, 0.1) is 11.9 Å². The number of carbonyl (C=O) groups is 1. The number of aromatic amines is 1. The molecule has 0 unspecified atom stereocenters. The van der Waals surface area contributed by atoms with Crippen LogP contribution in [0.1, 0.15) is 60.4 Å². The van der Waals surface area contributed by atoms with Gasteiger partial charge in [0.2, 0.25) is 0 Å². The highest BCUT2D eigenvalue weighted by Gasteiger charge is 2.28. The van der Waals surface area contributed by atoms with Crippen LogP contribution in [0.5, 0.6) is 0 Å². The first-order chi connectivity index (χ1) is 14.9. The minimum absolute atomic E-state index is 0.00104. The Morgan fingerprint density at radius 2 is 1.97 bits per heavy atom. The van der Waals surface area contributed by atoms with Crippen molar-refractivity contribution in [3.05, 3.63) is 52.2 Å². The molecule has 31 heavy (non-hydrogen) atoms. The molecule has 1 saturated heterocycles. The number of nitrogens with one attached hydrogen (secondary N) is 1. The molecular weight excluding hydrogens is 412 g/mol. The Morgan fingerprint density at radius 1 is 1.29 bits per heavy atom. The number of piperidine rings is 1. The molecule has 1 amide bonds. The van der Waals surface area contributed by atoms with Gasteiger partial charge in [-0.05, 0) is 63.2 Å². The summed E-state index contributed by atoms with van der Waals surface area (Å²) in [6.45, 7) is 5.52. The number of nitriles is 1. The zero-order valence-electron chi connectivity index (χ0n) is 17.4. The van der Waals surface area contributed by atoms with Crippen LogP contribution in [0.4, 0.5) is 5.82 Å². The van der Waals surface area contributed by atoms with Gasteiger partial charge in [-0.15, -0.1) is 0 Å². The second-order valence-corrected chi connectivity index (χ2v) is 8.32. The Kier molecular flexibility index (Phi) is 5.61. The zero-order valence-corrected chi connectivity index (χ0v) is 18.3. The van der Waals surface area contributed by atoms with Crippen LogP contribution in [0.2, 0.25) is 0 Å². The van der Waals surface area contributed by atoms with Gasteiger partial charge in [-0.2, -0.15) is 15.5 Å². The molecule has 0 aliphatic carbocycles. The molecular formula is C21H24N8OS. The van der Waals surface area contributed by atoms with Gasteiger partial charge >= 0.3 is 0 Å². The van der Waals surface area contributed by atoms with E-state index in [-0.39, 0.29) is 23.7 Å². The lowest BCUT2D eigenvalue weighted by molar-refractivity contribution is 0.0710. The summed E-state index contributed by atoms with van der Waals surface area (Å²) in [6, 6.07) is 9.34. The Bertz CT molecular complexity index is 1190. The number of amides is 1. The van der Waals surface area contributed by atoms with Crippen LogP contribution in [0.15, 0.2) is 30.5 Å². The van der Waals surface area contributed by atoms with Crippen molar-refractivity contribution >= 4 is 23.9 Å². The number of H-pyrrole nitrogens is 1. The van der Waals surface area contributed by atoms with E-state index in [4.69, 9.17) is 23.2 Å². The van der Waals surface area contributed by atoms with Gasteiger partial charge < -0.3 is 15.2 Å². The van der Waals surface area contributed by atoms with E-state index in [2.05, 4.69) is 33.7 Å². The van der Waals surface area contributed by atoms with E-state index >= 15 is 0 Å². The maximum absolute atomic E-state index is 13.0. The van der Waals surface area contributed by atoms with Gasteiger partial charge in [-0.1, -0.05) is 0 Å². The van der Waals surface area contributed by atoms with Crippen LogP contribution in [0.25, 0.3) is 5.69 Å². The molecule has 0 saturated carbocycles. The first kappa shape index (κ1) is 20.8. The van der Waals surface area contributed by atoms with Crippen molar-refractivity contribution in [2.24, 2.45) is 0 Å². The summed E-state index contributed by atoms with van der Waals surface area (Å²) in [5.41, 5.74) is 7.57. The molecule has 1 fully saturated rings. The van der Waals surface area contributed by atoms with Crippen LogP contribution >= 0.6 is 12.2 Å². The van der Waals surface area contributed by atoms with E-state index in [0.717, 1.165) is 18.7 Å². The molecule has 2 aromatic heterocycles. The molecule has 9 nitrogen and oxygen atoms in total. The number of rotatable bonds is 4. The number of nitrogen functional groups attached to an aromatic ring is 1. The lowest BCUT2D eigenvalue weighted by atomic mass is 9.95. The summed E-state index contributed by atoms with van der Waals surface area (Å²) < 4.78 is 4.19. The fourth-order valence-electron chi connectivity index (χ4n) is 4.02. The predicted octanol–water partition coefficient (Wildman–Crippen LogP) is 3.18. The number of likely N-dealkylation sites (tertiary alicyclic amines) is 1. The number of nitrogens with zero attached hydrogens (tertiary/aromatic N) is 6. The molecule has 160 valence electrons. The number of hydrogen-bond acceptors (Lipinski definition) is 6. The minimum Gasteiger partial charge on any atom is -0.382 e. The number of aromatic nitrogens is 5. The molecule has 0 spiro atoms. The summed E-state index contributed by atoms with van der Waals surface area (Å²) in [6.07, 6.45) is 3.11. The molecule has 1 aliphatic heterocycles. The molecule has 0 bridgehead atoms. The third-order valence-corrected chi connectivity index (χ3v) is 5.97. The number of carbonyl (C=O) groups excluding carboxylic acids is 1. The summed E-state index contributed by atoms with van der Waals surface area (Å²) in [4.78, 5) is 14.9. The Labute approximate surface area is 185 Å². The van der Waals surface area contributed by atoms with E-state index < -0.39 is 0 Å². The van der Waals surface area contributed by atoms with Crippen LogP contribution in [-0.4, -0.2) is 48.4 Å². The second-order valence-electron chi connectivity index (χ2n) is 7.93. The summed E-state index contributed by atoms with van der Waals surface area (Å²) in [7, 11) is 0. The second kappa shape index (κ2) is 8.35. The fourth-order valence-corrected chi connectivity index (χ4v) is 4.37. The Hall–Kier alpha value is -3.45. The van der Waals surface area contributed by atoms with Gasteiger partial charge in [0.1, 0.15) is 23.3 Å². The average Bonchev–Trinajstić information content (AvgIpc) is 3.35. The first-order valence-corrected chi connectivity index (χ1v) is 10.6. The van der Waals surface area contributed by atoms with E-state index in [9.17, 15) is 4.79 Å². The predicted molar refractivity (Wildman–Crippen MR) is 118 cm³/mol. The number of benzene rings is 1. The van der Waals surface area contributed by atoms with Gasteiger partial charge in [0.15, 0.2) is 4.77 Å². The molecule has 3 aromatic rings. The fraction of sp³-hybridized carbons (Fsp3) is 0.381. The van der Waals surface area contributed by atoms with E-state index in [1.165, 1.54) is 10.9 Å². The molecule has 3 N–H and O–H groups in total. The van der Waals surface area contributed by atoms with Crippen molar-refractivity contribution in [2.75, 3.05) is 18.8 Å². The normalized spacial score (nSPS) is 14.7. The largest absolute Gasteiger partial charge is 0.382 e. The summed E-state index contributed by atoms with van der Waals surface area (Å²) in [5.74, 6) is 1.53. The monoisotopic (exact) mass is 436 g/mol. The standard InChI is InChI=1S/C21H24N8OS/c1-13(2)28-19(25-26-21(28)31)14-7-9-27(10-8-14)20(30)15-3-5-17(6-4-15)29-18(23)16(11-22)12-24-29/h3-6,12-14H,7-10,23H2,1-2H3,(H,26,31). The zero-order chi connectivity index (χ0) is 22.1. The van der Waals surface area contributed by atoms with Gasteiger partial charge in [-0.25, -0.2) is 4.68 Å². The number of nitrogens with two attached hydrogens (primary N) is 1. The van der Waals surface area contributed by atoms with Gasteiger partial charge in [0.25, 0.3) is 5.91 Å². The van der Waals surface area contributed by atoms with Crippen LogP contribution in [0.3, 0.4) is 0 Å². The first-order valence-electron chi connectivity index (χ1n) is 10.2. The molecule has 0 radical (unpaired) electrons. The van der Waals surface area contributed by atoms with Crippen molar-refractivity contribution in [1.29, 1.82) is 5.26 Å². The molecule has 0 atom stereocenters.